The zero-order chi connectivity index (χ0) is 22.6. The maximum Gasteiger partial charge on any atom is 0.196 e. The van der Waals surface area contributed by atoms with Crippen LogP contribution in [0.5, 0.6) is 0 Å². The molecule has 0 atom stereocenters. The molecular formula is C26H23N5S2. The summed E-state index contributed by atoms with van der Waals surface area (Å²) in [6.45, 7) is 4.21. The molecule has 3 aromatic heterocycles. The largest absolute Gasteiger partial charge is 0.270 e. The fourth-order valence-electron chi connectivity index (χ4n) is 3.59. The van der Waals surface area contributed by atoms with Crippen molar-refractivity contribution in [2.45, 2.75) is 31.2 Å². The minimum absolute atomic E-state index is 0.738. The highest BCUT2D eigenvalue weighted by atomic mass is 32.2. The standard InChI is InChI=1S/C26H23N5S2/c1-18-9-11-20(12-10-18)14-24-28-22(16-32-24)17-33-26-30-29-25(21-7-5-13-27-15-21)31(26)23-8-4-3-6-19(23)2/h3-13,15-16H,14,17H2,1-2H3. The molecule has 0 aliphatic heterocycles. The Morgan fingerprint density at radius 1 is 0.939 bits per heavy atom. The molecule has 0 radical (unpaired) electrons. The number of aromatic nitrogens is 5. The fraction of sp³-hybridized carbons (Fsp3) is 0.154. The molecule has 7 heteroatoms. The lowest BCUT2D eigenvalue weighted by Gasteiger charge is -2.12. The van der Waals surface area contributed by atoms with E-state index in [1.165, 1.54) is 16.7 Å². The Hall–Kier alpha value is -3.29. The Bertz CT molecular complexity index is 1360. The highest BCUT2D eigenvalue weighted by Gasteiger charge is 2.18. The van der Waals surface area contributed by atoms with Crippen molar-refractivity contribution in [3.63, 3.8) is 0 Å². The van der Waals surface area contributed by atoms with Gasteiger partial charge in [0.2, 0.25) is 0 Å². The Morgan fingerprint density at radius 2 is 1.79 bits per heavy atom. The first-order valence-corrected chi connectivity index (χ1v) is 12.6. The topological polar surface area (TPSA) is 56.5 Å². The summed E-state index contributed by atoms with van der Waals surface area (Å²) in [4.78, 5) is 9.12. The molecule has 0 N–H and O–H groups in total. The van der Waals surface area contributed by atoms with Crippen molar-refractivity contribution in [1.29, 1.82) is 0 Å². The molecule has 0 saturated heterocycles. The molecule has 0 amide bonds. The van der Waals surface area contributed by atoms with Crippen LogP contribution < -0.4 is 0 Å². The molecule has 0 bridgehead atoms. The van der Waals surface area contributed by atoms with E-state index in [1.54, 1.807) is 29.3 Å². The molecule has 33 heavy (non-hydrogen) atoms. The Balaban J connectivity index is 1.39. The van der Waals surface area contributed by atoms with Crippen molar-refractivity contribution in [3.05, 3.63) is 106 Å². The molecule has 0 aliphatic rings. The first-order chi connectivity index (χ1) is 16.2. The van der Waals surface area contributed by atoms with Crippen LogP contribution >= 0.6 is 23.1 Å². The number of hydrogen-bond donors (Lipinski definition) is 0. The van der Waals surface area contributed by atoms with Crippen molar-refractivity contribution in [2.75, 3.05) is 0 Å². The lowest BCUT2D eigenvalue weighted by molar-refractivity contribution is 0.879. The predicted molar refractivity (Wildman–Crippen MR) is 135 cm³/mol. The summed E-state index contributed by atoms with van der Waals surface area (Å²) in [5.74, 6) is 1.53. The normalized spacial score (nSPS) is 11.1. The van der Waals surface area contributed by atoms with Crippen molar-refractivity contribution in [3.8, 4) is 17.1 Å². The van der Waals surface area contributed by atoms with Crippen molar-refractivity contribution in [1.82, 2.24) is 24.7 Å². The van der Waals surface area contributed by atoms with Gasteiger partial charge < -0.3 is 0 Å². The molecule has 0 saturated carbocycles. The van der Waals surface area contributed by atoms with E-state index in [2.05, 4.69) is 75.4 Å². The lowest BCUT2D eigenvalue weighted by atomic mass is 10.1. The third-order valence-electron chi connectivity index (χ3n) is 5.33. The van der Waals surface area contributed by atoms with E-state index in [9.17, 15) is 0 Å². The summed E-state index contributed by atoms with van der Waals surface area (Å²) in [6, 6.07) is 20.9. The number of nitrogens with zero attached hydrogens (tertiary/aromatic N) is 5. The third-order valence-corrected chi connectivity index (χ3v) is 7.19. The van der Waals surface area contributed by atoms with Crippen LogP contribution in [-0.4, -0.2) is 24.7 Å². The Labute approximate surface area is 201 Å². The van der Waals surface area contributed by atoms with Crippen LogP contribution in [0.2, 0.25) is 0 Å². The van der Waals surface area contributed by atoms with Crippen LogP contribution in [0.4, 0.5) is 0 Å². The number of rotatable bonds is 7. The maximum absolute atomic E-state index is 4.86. The average molecular weight is 470 g/mol. The molecule has 0 spiro atoms. The number of pyridine rings is 1. The lowest BCUT2D eigenvalue weighted by Crippen LogP contribution is -2.02. The van der Waals surface area contributed by atoms with Gasteiger partial charge >= 0.3 is 0 Å². The Morgan fingerprint density at radius 3 is 2.58 bits per heavy atom. The minimum Gasteiger partial charge on any atom is -0.270 e. The van der Waals surface area contributed by atoms with Crippen molar-refractivity contribution in [2.24, 2.45) is 0 Å². The van der Waals surface area contributed by atoms with Gasteiger partial charge in [-0.05, 0) is 43.2 Å². The molecule has 0 unspecified atom stereocenters. The summed E-state index contributed by atoms with van der Waals surface area (Å²) in [7, 11) is 0. The van der Waals surface area contributed by atoms with Crippen LogP contribution in [0.25, 0.3) is 17.1 Å². The zero-order valence-electron chi connectivity index (χ0n) is 18.5. The number of benzene rings is 2. The fourth-order valence-corrected chi connectivity index (χ4v) is 5.36. The maximum atomic E-state index is 4.86. The van der Waals surface area contributed by atoms with Crippen LogP contribution in [0, 0.1) is 13.8 Å². The van der Waals surface area contributed by atoms with E-state index in [-0.39, 0.29) is 0 Å². The van der Waals surface area contributed by atoms with Gasteiger partial charge in [0.15, 0.2) is 11.0 Å². The van der Waals surface area contributed by atoms with E-state index in [4.69, 9.17) is 4.98 Å². The van der Waals surface area contributed by atoms with Gasteiger partial charge in [-0.3, -0.25) is 9.55 Å². The summed E-state index contributed by atoms with van der Waals surface area (Å²) >= 11 is 3.37. The molecule has 2 aromatic carbocycles. The molecule has 5 nitrogen and oxygen atoms in total. The number of thioether (sulfide) groups is 1. The van der Waals surface area contributed by atoms with Crippen LogP contribution in [0.3, 0.4) is 0 Å². The second-order valence-corrected chi connectivity index (χ2v) is 9.74. The van der Waals surface area contributed by atoms with E-state index in [1.807, 2.05) is 30.5 Å². The van der Waals surface area contributed by atoms with Gasteiger partial charge in [0.05, 0.1) is 16.4 Å². The van der Waals surface area contributed by atoms with Gasteiger partial charge in [-0.25, -0.2) is 4.98 Å². The number of thiazole rings is 1. The summed E-state index contributed by atoms with van der Waals surface area (Å²) in [6.07, 6.45) is 4.45. The van der Waals surface area contributed by atoms with Gasteiger partial charge in [0, 0.05) is 35.5 Å². The van der Waals surface area contributed by atoms with Crippen molar-refractivity contribution < 1.29 is 0 Å². The third kappa shape index (κ3) is 4.89. The smallest absolute Gasteiger partial charge is 0.196 e. The Kier molecular flexibility index (Phi) is 6.32. The number of aryl methyl sites for hydroxylation is 2. The van der Waals surface area contributed by atoms with Gasteiger partial charge in [0.1, 0.15) is 0 Å². The quantitative estimate of drug-likeness (QED) is 0.262. The van der Waals surface area contributed by atoms with E-state index in [0.29, 0.717) is 0 Å². The van der Waals surface area contributed by atoms with Gasteiger partial charge in [0.25, 0.3) is 0 Å². The average Bonchev–Trinajstić information content (AvgIpc) is 3.47. The summed E-state index contributed by atoms with van der Waals surface area (Å²) in [5.41, 5.74) is 6.80. The summed E-state index contributed by atoms with van der Waals surface area (Å²) in [5, 5.41) is 13.2. The SMILES string of the molecule is Cc1ccc(Cc2nc(CSc3nnc(-c4cccnc4)n3-c3ccccc3C)cs2)cc1. The molecular weight excluding hydrogens is 446 g/mol. The molecule has 5 aromatic rings. The first-order valence-electron chi connectivity index (χ1n) is 10.7. The molecule has 0 aliphatic carbocycles. The molecule has 164 valence electrons. The zero-order valence-corrected chi connectivity index (χ0v) is 20.1. The summed E-state index contributed by atoms with van der Waals surface area (Å²) < 4.78 is 2.12. The first kappa shape index (κ1) is 21.6. The highest BCUT2D eigenvalue weighted by molar-refractivity contribution is 7.98. The monoisotopic (exact) mass is 469 g/mol. The predicted octanol–water partition coefficient (Wildman–Crippen LogP) is 6.29. The minimum atomic E-state index is 0.738. The number of hydrogen-bond acceptors (Lipinski definition) is 6. The van der Waals surface area contributed by atoms with Crippen molar-refractivity contribution >= 4 is 23.1 Å². The molecule has 3 heterocycles. The van der Waals surface area contributed by atoms with E-state index < -0.39 is 0 Å². The van der Waals surface area contributed by atoms with Gasteiger partial charge in [-0.1, -0.05) is 59.8 Å². The van der Waals surface area contributed by atoms with Crippen LogP contribution in [0.1, 0.15) is 27.4 Å². The van der Waals surface area contributed by atoms with Gasteiger partial charge in [-0.2, -0.15) is 0 Å². The highest BCUT2D eigenvalue weighted by Crippen LogP contribution is 2.31. The molecule has 5 rings (SSSR count). The van der Waals surface area contributed by atoms with Gasteiger partial charge in [-0.15, -0.1) is 21.5 Å². The molecule has 0 fully saturated rings. The van der Waals surface area contributed by atoms with Crippen LogP contribution in [-0.2, 0) is 12.2 Å². The van der Waals surface area contributed by atoms with E-state index in [0.717, 1.165) is 45.1 Å². The van der Waals surface area contributed by atoms with E-state index >= 15 is 0 Å². The second-order valence-electron chi connectivity index (χ2n) is 7.85. The number of para-hydroxylation sites is 1. The van der Waals surface area contributed by atoms with Crippen LogP contribution in [0.15, 0.2) is 83.6 Å². The second kappa shape index (κ2) is 9.68.